The van der Waals surface area contributed by atoms with Crippen molar-refractivity contribution in [1.82, 2.24) is 15.1 Å². The molecule has 3 rings (SSSR count). The maximum atomic E-state index is 12.7. The highest BCUT2D eigenvalue weighted by molar-refractivity contribution is 6.31. The van der Waals surface area contributed by atoms with Gasteiger partial charge in [-0.2, -0.15) is 0 Å². The van der Waals surface area contributed by atoms with Gasteiger partial charge in [-0.05, 0) is 24.5 Å². The Morgan fingerprint density at radius 2 is 1.92 bits per heavy atom. The Labute approximate surface area is 152 Å². The van der Waals surface area contributed by atoms with Crippen LogP contribution < -0.4 is 5.32 Å². The van der Waals surface area contributed by atoms with Crippen molar-refractivity contribution in [2.75, 3.05) is 13.6 Å². The normalized spacial score (nSPS) is 19.2. The largest absolute Gasteiger partial charge is 0.340 e. The van der Waals surface area contributed by atoms with Crippen LogP contribution in [0.25, 0.3) is 0 Å². The predicted molar refractivity (Wildman–Crippen MR) is 94.0 cm³/mol. The molecule has 2 aliphatic rings. The van der Waals surface area contributed by atoms with Gasteiger partial charge >= 0.3 is 6.03 Å². The molecule has 1 aliphatic carbocycles. The molecular formula is C18H22ClN3O3. The van der Waals surface area contributed by atoms with Crippen molar-refractivity contribution in [2.45, 2.75) is 44.2 Å². The Bertz CT molecular complexity index is 701. The lowest BCUT2D eigenvalue weighted by Gasteiger charge is -2.30. The van der Waals surface area contributed by atoms with E-state index in [0.717, 1.165) is 29.7 Å². The molecule has 6 nitrogen and oxygen atoms in total. The number of likely N-dealkylation sites (N-methyl/N-ethyl adjacent to an activating group) is 1. The topological polar surface area (TPSA) is 69.7 Å². The fraction of sp³-hybridized carbons (Fsp3) is 0.500. The van der Waals surface area contributed by atoms with Crippen molar-refractivity contribution in [2.24, 2.45) is 0 Å². The number of hydrogen-bond acceptors (Lipinski definition) is 3. The van der Waals surface area contributed by atoms with Crippen molar-refractivity contribution >= 4 is 29.4 Å². The molecule has 1 heterocycles. The van der Waals surface area contributed by atoms with Crippen molar-refractivity contribution in [3.8, 4) is 0 Å². The molecule has 4 amide bonds. The lowest BCUT2D eigenvalue weighted by molar-refractivity contribution is -0.139. The van der Waals surface area contributed by atoms with Crippen LogP contribution in [0, 0.1) is 0 Å². The lowest BCUT2D eigenvalue weighted by Crippen LogP contribution is -2.49. The zero-order valence-corrected chi connectivity index (χ0v) is 15.0. The average molecular weight is 364 g/mol. The summed E-state index contributed by atoms with van der Waals surface area (Å²) in [6, 6.07) is 6.82. The van der Waals surface area contributed by atoms with Crippen LogP contribution in [0.3, 0.4) is 0 Å². The first kappa shape index (κ1) is 17.7. The molecule has 2 fully saturated rings. The van der Waals surface area contributed by atoms with E-state index in [9.17, 15) is 14.4 Å². The first-order valence-electron chi connectivity index (χ1n) is 8.54. The van der Waals surface area contributed by atoms with E-state index in [1.54, 1.807) is 13.1 Å². The van der Waals surface area contributed by atoms with Gasteiger partial charge in [0.25, 0.3) is 5.91 Å². The Balaban J connectivity index is 1.65. The Hall–Kier alpha value is -2.08. The van der Waals surface area contributed by atoms with Crippen LogP contribution in [0.2, 0.25) is 5.02 Å². The zero-order chi connectivity index (χ0) is 18.0. The molecule has 1 saturated heterocycles. The van der Waals surface area contributed by atoms with E-state index in [2.05, 4.69) is 5.32 Å². The van der Waals surface area contributed by atoms with Gasteiger partial charge in [0, 0.05) is 18.6 Å². The summed E-state index contributed by atoms with van der Waals surface area (Å²) in [6.07, 6.45) is 4.21. The van der Waals surface area contributed by atoms with E-state index in [-0.39, 0.29) is 18.4 Å². The highest BCUT2D eigenvalue weighted by Crippen LogP contribution is 2.33. The second-order valence-corrected chi connectivity index (χ2v) is 7.21. The number of amides is 4. The third-order valence-corrected chi connectivity index (χ3v) is 5.41. The molecule has 1 aliphatic heterocycles. The van der Waals surface area contributed by atoms with Gasteiger partial charge in [-0.3, -0.25) is 14.5 Å². The standard InChI is InChI=1S/C18H22ClN3O3/c1-21(11-13-7-3-4-8-14(13)19)15(23)12-22-16(24)18(20-17(22)25)9-5-2-6-10-18/h3-4,7-8H,2,5-6,9-12H2,1H3,(H,20,25). The van der Waals surface area contributed by atoms with Crippen LogP contribution in [0.5, 0.6) is 0 Å². The van der Waals surface area contributed by atoms with Crippen molar-refractivity contribution in [1.29, 1.82) is 0 Å². The number of carbonyl (C=O) groups excluding carboxylic acids is 3. The van der Waals surface area contributed by atoms with E-state index in [1.165, 1.54) is 4.90 Å². The molecule has 1 aromatic rings. The third kappa shape index (κ3) is 3.49. The number of halogens is 1. The average Bonchev–Trinajstić information content (AvgIpc) is 2.81. The van der Waals surface area contributed by atoms with Gasteiger partial charge < -0.3 is 10.2 Å². The SMILES string of the molecule is CN(Cc1ccccc1Cl)C(=O)CN1C(=O)NC2(CCCCC2)C1=O. The van der Waals surface area contributed by atoms with Crippen LogP contribution in [-0.4, -0.2) is 46.8 Å². The van der Waals surface area contributed by atoms with Gasteiger partial charge in [0.15, 0.2) is 0 Å². The second kappa shape index (κ2) is 7.04. The van der Waals surface area contributed by atoms with E-state index < -0.39 is 11.6 Å². The molecule has 25 heavy (non-hydrogen) atoms. The summed E-state index contributed by atoms with van der Waals surface area (Å²) >= 11 is 6.12. The monoisotopic (exact) mass is 363 g/mol. The fourth-order valence-electron chi connectivity index (χ4n) is 3.54. The van der Waals surface area contributed by atoms with E-state index >= 15 is 0 Å². The Morgan fingerprint density at radius 1 is 1.24 bits per heavy atom. The zero-order valence-electron chi connectivity index (χ0n) is 14.3. The summed E-state index contributed by atoms with van der Waals surface area (Å²) in [5.74, 6) is -0.562. The van der Waals surface area contributed by atoms with Crippen LogP contribution in [0.15, 0.2) is 24.3 Å². The van der Waals surface area contributed by atoms with Gasteiger partial charge in [-0.1, -0.05) is 49.1 Å². The molecule has 0 radical (unpaired) electrons. The Morgan fingerprint density at radius 3 is 2.60 bits per heavy atom. The van der Waals surface area contributed by atoms with E-state index in [1.807, 2.05) is 18.2 Å². The quantitative estimate of drug-likeness (QED) is 0.836. The first-order valence-corrected chi connectivity index (χ1v) is 8.92. The summed E-state index contributed by atoms with van der Waals surface area (Å²) in [5, 5.41) is 3.40. The number of hydrogen-bond donors (Lipinski definition) is 1. The molecule has 1 spiro atoms. The summed E-state index contributed by atoms with van der Waals surface area (Å²) in [4.78, 5) is 40.0. The van der Waals surface area contributed by atoms with Crippen molar-refractivity contribution < 1.29 is 14.4 Å². The predicted octanol–water partition coefficient (Wildman–Crippen LogP) is 2.55. The maximum Gasteiger partial charge on any atom is 0.325 e. The number of urea groups is 1. The molecule has 0 bridgehead atoms. The smallest absolute Gasteiger partial charge is 0.325 e. The summed E-state index contributed by atoms with van der Waals surface area (Å²) in [5.41, 5.74) is 0.0256. The highest BCUT2D eigenvalue weighted by Gasteiger charge is 2.51. The van der Waals surface area contributed by atoms with Crippen LogP contribution >= 0.6 is 11.6 Å². The molecule has 0 atom stereocenters. The summed E-state index contributed by atoms with van der Waals surface area (Å²) in [6.45, 7) is 0.0840. The van der Waals surface area contributed by atoms with Crippen LogP contribution in [0.4, 0.5) is 4.79 Å². The number of carbonyl (C=O) groups is 3. The highest BCUT2D eigenvalue weighted by atomic mass is 35.5. The summed E-state index contributed by atoms with van der Waals surface area (Å²) in [7, 11) is 1.64. The molecule has 0 aromatic heterocycles. The van der Waals surface area contributed by atoms with Gasteiger partial charge in [0.2, 0.25) is 5.91 Å². The molecule has 1 N–H and O–H groups in total. The fourth-order valence-corrected chi connectivity index (χ4v) is 3.74. The minimum absolute atomic E-state index is 0.243. The van der Waals surface area contributed by atoms with Gasteiger partial charge in [0.05, 0.1) is 0 Å². The van der Waals surface area contributed by atoms with Crippen molar-refractivity contribution in [3.05, 3.63) is 34.9 Å². The summed E-state index contributed by atoms with van der Waals surface area (Å²) < 4.78 is 0. The van der Waals surface area contributed by atoms with Crippen LogP contribution in [-0.2, 0) is 16.1 Å². The van der Waals surface area contributed by atoms with E-state index in [4.69, 9.17) is 11.6 Å². The molecular weight excluding hydrogens is 342 g/mol. The number of nitrogens with one attached hydrogen (secondary N) is 1. The van der Waals surface area contributed by atoms with Gasteiger partial charge in [0.1, 0.15) is 12.1 Å². The molecule has 0 unspecified atom stereocenters. The first-order chi connectivity index (χ1) is 11.9. The molecule has 7 heteroatoms. The lowest BCUT2D eigenvalue weighted by atomic mass is 9.82. The minimum Gasteiger partial charge on any atom is -0.340 e. The molecule has 1 aromatic carbocycles. The maximum absolute atomic E-state index is 12.7. The Kier molecular flexibility index (Phi) is 4.99. The minimum atomic E-state index is -0.795. The molecule has 1 saturated carbocycles. The van der Waals surface area contributed by atoms with Gasteiger partial charge in [-0.15, -0.1) is 0 Å². The second-order valence-electron chi connectivity index (χ2n) is 6.81. The van der Waals surface area contributed by atoms with Crippen LogP contribution in [0.1, 0.15) is 37.7 Å². The van der Waals surface area contributed by atoms with Gasteiger partial charge in [-0.25, -0.2) is 4.79 Å². The number of nitrogens with zero attached hydrogens (tertiary/aromatic N) is 2. The number of imide groups is 1. The molecule has 134 valence electrons. The van der Waals surface area contributed by atoms with E-state index in [0.29, 0.717) is 24.4 Å². The van der Waals surface area contributed by atoms with Crippen molar-refractivity contribution in [3.63, 3.8) is 0 Å². The number of benzene rings is 1. The third-order valence-electron chi connectivity index (χ3n) is 5.04. The number of rotatable bonds is 4.